The molecule has 2 rings (SSSR count). The Kier molecular flexibility index (Phi) is 3.97. The summed E-state index contributed by atoms with van der Waals surface area (Å²) in [6.45, 7) is 3.47. The standard InChI is InChI=1S/C15H14O3/c1-2-13(16)9-12(10-14-5-3-7-17-14)11-15-6-4-8-18-15/h2-9H,1,10-11H2. The highest BCUT2D eigenvalue weighted by Gasteiger charge is 2.07. The molecule has 3 nitrogen and oxygen atoms in total. The van der Waals surface area contributed by atoms with Gasteiger partial charge in [0, 0.05) is 12.8 Å². The lowest BCUT2D eigenvalue weighted by molar-refractivity contribution is -0.110. The second-order valence-corrected chi connectivity index (χ2v) is 3.92. The number of allylic oxidation sites excluding steroid dienone is 3. The molecule has 18 heavy (non-hydrogen) atoms. The predicted octanol–water partition coefficient (Wildman–Crippen LogP) is 3.34. The highest BCUT2D eigenvalue weighted by Crippen LogP contribution is 2.15. The van der Waals surface area contributed by atoms with Crippen LogP contribution in [0.3, 0.4) is 0 Å². The van der Waals surface area contributed by atoms with Crippen molar-refractivity contribution in [3.05, 3.63) is 72.6 Å². The van der Waals surface area contributed by atoms with Gasteiger partial charge in [0.25, 0.3) is 0 Å². The average Bonchev–Trinajstić information content (AvgIpc) is 3.02. The van der Waals surface area contributed by atoms with Crippen LogP contribution in [-0.4, -0.2) is 5.78 Å². The van der Waals surface area contributed by atoms with Crippen LogP contribution in [-0.2, 0) is 17.6 Å². The topological polar surface area (TPSA) is 43.4 Å². The van der Waals surface area contributed by atoms with E-state index in [1.807, 2.05) is 24.3 Å². The first-order valence-corrected chi connectivity index (χ1v) is 5.68. The summed E-state index contributed by atoms with van der Waals surface area (Å²) in [4.78, 5) is 11.4. The molecule has 2 aromatic heterocycles. The third-order valence-corrected chi connectivity index (χ3v) is 2.51. The SMILES string of the molecule is C=CC(=O)C=C(Cc1ccco1)Cc1ccco1. The fourth-order valence-electron chi connectivity index (χ4n) is 1.70. The Bertz CT molecular complexity index is 492. The van der Waals surface area contributed by atoms with Gasteiger partial charge in [-0.15, -0.1) is 0 Å². The average molecular weight is 242 g/mol. The van der Waals surface area contributed by atoms with E-state index in [4.69, 9.17) is 8.83 Å². The molecular formula is C15H14O3. The minimum Gasteiger partial charge on any atom is -0.469 e. The molecule has 0 aliphatic rings. The molecule has 3 heteroatoms. The number of rotatable bonds is 6. The normalized spacial score (nSPS) is 10.0. The molecule has 0 unspecified atom stereocenters. The van der Waals surface area contributed by atoms with Crippen LogP contribution in [0.4, 0.5) is 0 Å². The zero-order valence-electron chi connectivity index (χ0n) is 9.96. The molecule has 0 spiro atoms. The minimum absolute atomic E-state index is 0.108. The van der Waals surface area contributed by atoms with Gasteiger partial charge in [0.05, 0.1) is 12.5 Å². The third kappa shape index (κ3) is 3.35. The van der Waals surface area contributed by atoms with Crippen LogP contribution in [0.1, 0.15) is 11.5 Å². The van der Waals surface area contributed by atoms with Crippen molar-refractivity contribution in [1.82, 2.24) is 0 Å². The van der Waals surface area contributed by atoms with Gasteiger partial charge < -0.3 is 8.83 Å². The van der Waals surface area contributed by atoms with E-state index >= 15 is 0 Å². The molecule has 0 aromatic carbocycles. The van der Waals surface area contributed by atoms with Gasteiger partial charge in [0.2, 0.25) is 0 Å². The summed E-state index contributed by atoms with van der Waals surface area (Å²) in [7, 11) is 0. The molecule has 0 fully saturated rings. The maximum absolute atomic E-state index is 11.4. The molecule has 0 bridgehead atoms. The molecule has 0 atom stereocenters. The van der Waals surface area contributed by atoms with Crippen LogP contribution >= 0.6 is 0 Å². The summed E-state index contributed by atoms with van der Waals surface area (Å²) in [6.07, 6.45) is 7.30. The van der Waals surface area contributed by atoms with E-state index in [0.29, 0.717) is 12.8 Å². The zero-order valence-corrected chi connectivity index (χ0v) is 9.96. The maximum atomic E-state index is 11.4. The van der Waals surface area contributed by atoms with Gasteiger partial charge in [-0.25, -0.2) is 0 Å². The van der Waals surface area contributed by atoms with E-state index in [9.17, 15) is 4.79 Å². The third-order valence-electron chi connectivity index (χ3n) is 2.51. The van der Waals surface area contributed by atoms with Crippen molar-refractivity contribution in [2.24, 2.45) is 0 Å². The van der Waals surface area contributed by atoms with Crippen LogP contribution < -0.4 is 0 Å². The smallest absolute Gasteiger partial charge is 0.178 e. The van der Waals surface area contributed by atoms with Gasteiger partial charge in [0.15, 0.2) is 5.78 Å². The van der Waals surface area contributed by atoms with Crippen molar-refractivity contribution in [2.45, 2.75) is 12.8 Å². The lowest BCUT2D eigenvalue weighted by atomic mass is 10.0. The minimum atomic E-state index is -0.108. The molecular weight excluding hydrogens is 228 g/mol. The fraction of sp³-hybridized carbons (Fsp3) is 0.133. The van der Waals surface area contributed by atoms with Crippen LogP contribution in [0.2, 0.25) is 0 Å². The highest BCUT2D eigenvalue weighted by molar-refractivity contribution is 5.99. The Labute approximate surface area is 105 Å². The highest BCUT2D eigenvalue weighted by atomic mass is 16.3. The van der Waals surface area contributed by atoms with Gasteiger partial charge in [0.1, 0.15) is 11.5 Å². The summed E-state index contributed by atoms with van der Waals surface area (Å²) >= 11 is 0. The second kappa shape index (κ2) is 5.87. The maximum Gasteiger partial charge on any atom is 0.178 e. The van der Waals surface area contributed by atoms with E-state index < -0.39 is 0 Å². The van der Waals surface area contributed by atoms with Crippen molar-refractivity contribution in [1.29, 1.82) is 0 Å². The first-order chi connectivity index (χ1) is 8.78. The first-order valence-electron chi connectivity index (χ1n) is 5.68. The fourth-order valence-corrected chi connectivity index (χ4v) is 1.70. The van der Waals surface area contributed by atoms with Gasteiger partial charge in [-0.3, -0.25) is 4.79 Å². The summed E-state index contributed by atoms with van der Waals surface area (Å²) < 4.78 is 10.6. The molecule has 0 saturated heterocycles. The van der Waals surface area contributed by atoms with E-state index in [0.717, 1.165) is 17.1 Å². The van der Waals surface area contributed by atoms with E-state index in [1.165, 1.54) is 6.08 Å². The van der Waals surface area contributed by atoms with Crippen LogP contribution in [0, 0.1) is 0 Å². The van der Waals surface area contributed by atoms with E-state index in [-0.39, 0.29) is 5.78 Å². The molecule has 0 aliphatic heterocycles. The van der Waals surface area contributed by atoms with Crippen molar-refractivity contribution < 1.29 is 13.6 Å². The summed E-state index contributed by atoms with van der Waals surface area (Å²) in [5.74, 6) is 1.54. The summed E-state index contributed by atoms with van der Waals surface area (Å²) in [5, 5.41) is 0. The number of furan rings is 2. The molecule has 0 saturated carbocycles. The Hall–Kier alpha value is -2.29. The lowest BCUT2D eigenvalue weighted by Gasteiger charge is -2.03. The van der Waals surface area contributed by atoms with Crippen molar-refractivity contribution in [3.63, 3.8) is 0 Å². The summed E-state index contributed by atoms with van der Waals surface area (Å²) in [6, 6.07) is 7.42. The Morgan fingerprint density at radius 3 is 2.06 bits per heavy atom. The van der Waals surface area contributed by atoms with E-state index in [2.05, 4.69) is 6.58 Å². The molecule has 2 aromatic rings. The van der Waals surface area contributed by atoms with E-state index in [1.54, 1.807) is 18.6 Å². The van der Waals surface area contributed by atoms with Gasteiger partial charge >= 0.3 is 0 Å². The number of ketones is 1. The van der Waals surface area contributed by atoms with Crippen LogP contribution in [0.5, 0.6) is 0 Å². The van der Waals surface area contributed by atoms with Crippen molar-refractivity contribution in [3.8, 4) is 0 Å². The Morgan fingerprint density at radius 1 is 1.11 bits per heavy atom. The van der Waals surface area contributed by atoms with Gasteiger partial charge in [-0.05, 0) is 36.4 Å². The monoisotopic (exact) mass is 242 g/mol. The molecule has 2 heterocycles. The van der Waals surface area contributed by atoms with Crippen molar-refractivity contribution >= 4 is 5.78 Å². The lowest BCUT2D eigenvalue weighted by Crippen LogP contribution is -1.98. The predicted molar refractivity (Wildman–Crippen MR) is 68.1 cm³/mol. The van der Waals surface area contributed by atoms with Gasteiger partial charge in [-0.1, -0.05) is 12.2 Å². The second-order valence-electron chi connectivity index (χ2n) is 3.92. The van der Waals surface area contributed by atoms with Crippen molar-refractivity contribution in [2.75, 3.05) is 0 Å². The number of carbonyl (C=O) groups excluding carboxylic acids is 1. The Morgan fingerprint density at radius 2 is 1.67 bits per heavy atom. The Balaban J connectivity index is 2.14. The number of hydrogen-bond acceptors (Lipinski definition) is 3. The van der Waals surface area contributed by atoms with Gasteiger partial charge in [-0.2, -0.15) is 0 Å². The molecule has 92 valence electrons. The molecule has 0 aliphatic carbocycles. The van der Waals surface area contributed by atoms with Crippen LogP contribution in [0.25, 0.3) is 0 Å². The zero-order chi connectivity index (χ0) is 12.8. The summed E-state index contributed by atoms with van der Waals surface area (Å²) in [5.41, 5.74) is 0.935. The molecule has 0 radical (unpaired) electrons. The molecule has 0 amide bonds. The van der Waals surface area contributed by atoms with Crippen LogP contribution in [0.15, 0.2) is 69.9 Å². The number of carbonyl (C=O) groups is 1. The first kappa shape index (κ1) is 12.2. The molecule has 0 N–H and O–H groups in total. The largest absolute Gasteiger partial charge is 0.469 e. The number of hydrogen-bond donors (Lipinski definition) is 0. The quantitative estimate of drug-likeness (QED) is 0.730.